The van der Waals surface area contributed by atoms with E-state index >= 15 is 0 Å². The van der Waals surface area contributed by atoms with E-state index in [4.69, 9.17) is 4.74 Å². The molecule has 2 unspecified atom stereocenters. The van der Waals surface area contributed by atoms with Crippen molar-refractivity contribution in [2.75, 3.05) is 13.7 Å². The molecule has 1 rings (SSSR count). The topological polar surface area (TPSA) is 39.1 Å². The van der Waals surface area contributed by atoms with Gasteiger partial charge in [-0.05, 0) is 49.2 Å². The summed E-state index contributed by atoms with van der Waals surface area (Å²) < 4.78 is 8.88. The average Bonchev–Trinajstić information content (AvgIpc) is 2.80. The van der Waals surface area contributed by atoms with Gasteiger partial charge in [0.1, 0.15) is 0 Å². The Hall–Kier alpha value is -0.390. The molecule has 0 aliphatic rings. The van der Waals surface area contributed by atoms with Crippen molar-refractivity contribution in [3.05, 3.63) is 16.4 Å². The van der Waals surface area contributed by atoms with Gasteiger partial charge in [-0.2, -0.15) is 5.10 Å². The van der Waals surface area contributed by atoms with Crippen LogP contribution < -0.4 is 5.32 Å². The molecule has 4 nitrogen and oxygen atoms in total. The van der Waals surface area contributed by atoms with E-state index in [9.17, 15) is 0 Å². The minimum absolute atomic E-state index is 0.164. The van der Waals surface area contributed by atoms with Gasteiger partial charge in [0.2, 0.25) is 0 Å². The number of hydrogen-bond donors (Lipinski definition) is 1. The van der Waals surface area contributed by atoms with Crippen molar-refractivity contribution in [2.24, 2.45) is 0 Å². The van der Waals surface area contributed by atoms with Gasteiger partial charge in [0.15, 0.2) is 0 Å². The molecule has 0 aromatic carbocycles. The van der Waals surface area contributed by atoms with E-state index in [-0.39, 0.29) is 12.1 Å². The molecule has 0 fully saturated rings. The maximum atomic E-state index is 5.74. The number of ether oxygens (including phenoxy) is 1. The second-order valence-electron chi connectivity index (χ2n) is 5.41. The van der Waals surface area contributed by atoms with Crippen LogP contribution in [0.1, 0.15) is 64.7 Å². The van der Waals surface area contributed by atoms with Gasteiger partial charge in [-0.25, -0.2) is 0 Å². The zero-order valence-corrected chi connectivity index (χ0v) is 14.9. The first-order chi connectivity index (χ1) is 9.56. The molecule has 1 aromatic heterocycles. The number of rotatable bonds is 9. The third-order valence-corrected chi connectivity index (χ3v) is 4.04. The van der Waals surface area contributed by atoms with Crippen molar-refractivity contribution in [3.8, 4) is 0 Å². The van der Waals surface area contributed by atoms with E-state index in [1.165, 1.54) is 5.69 Å². The minimum atomic E-state index is 0.164. The van der Waals surface area contributed by atoms with Crippen molar-refractivity contribution in [1.82, 2.24) is 15.1 Å². The first-order valence-electron chi connectivity index (χ1n) is 7.55. The summed E-state index contributed by atoms with van der Waals surface area (Å²) in [6, 6.07) is 0.500. The number of nitrogens with one attached hydrogen (secondary N) is 1. The van der Waals surface area contributed by atoms with Crippen LogP contribution in [0.2, 0.25) is 0 Å². The fourth-order valence-corrected chi connectivity index (χ4v) is 2.98. The summed E-state index contributed by atoms with van der Waals surface area (Å²) in [6.45, 7) is 9.66. The molecule has 2 atom stereocenters. The van der Waals surface area contributed by atoms with Crippen LogP contribution >= 0.6 is 15.9 Å². The van der Waals surface area contributed by atoms with Crippen LogP contribution in [0.4, 0.5) is 0 Å². The Morgan fingerprint density at radius 3 is 2.55 bits per heavy atom. The Bertz CT molecular complexity index is 392. The lowest BCUT2D eigenvalue weighted by molar-refractivity contribution is 0.0572. The molecule has 0 amide bonds. The van der Waals surface area contributed by atoms with E-state index in [0.717, 1.165) is 30.3 Å². The number of nitrogens with zero attached hydrogens (tertiary/aromatic N) is 2. The number of hydrogen-bond acceptors (Lipinski definition) is 3. The molecule has 5 heteroatoms. The lowest BCUT2D eigenvalue weighted by Crippen LogP contribution is -2.36. The molecule has 0 aliphatic carbocycles. The van der Waals surface area contributed by atoms with Crippen molar-refractivity contribution in [2.45, 2.75) is 65.1 Å². The average molecular weight is 346 g/mol. The van der Waals surface area contributed by atoms with E-state index in [1.807, 2.05) is 6.20 Å². The summed E-state index contributed by atoms with van der Waals surface area (Å²) in [5, 5.41) is 8.12. The maximum Gasteiger partial charge on any atom is 0.0781 e. The lowest BCUT2D eigenvalue weighted by Gasteiger charge is -2.29. The van der Waals surface area contributed by atoms with E-state index < -0.39 is 0 Å². The van der Waals surface area contributed by atoms with E-state index in [2.05, 4.69) is 58.7 Å². The van der Waals surface area contributed by atoms with Crippen LogP contribution in [0.3, 0.4) is 0 Å². The molecular formula is C15H28BrN3O. The molecule has 0 saturated heterocycles. The third kappa shape index (κ3) is 4.30. The Kier molecular flexibility index (Phi) is 7.77. The maximum absolute atomic E-state index is 5.74. The quantitative estimate of drug-likeness (QED) is 0.732. The number of halogens is 1. The van der Waals surface area contributed by atoms with Crippen LogP contribution in [-0.2, 0) is 4.74 Å². The predicted molar refractivity (Wildman–Crippen MR) is 87.1 cm³/mol. The van der Waals surface area contributed by atoms with Gasteiger partial charge in [0.05, 0.1) is 28.5 Å². The second kappa shape index (κ2) is 8.80. The van der Waals surface area contributed by atoms with Gasteiger partial charge >= 0.3 is 0 Å². The van der Waals surface area contributed by atoms with Gasteiger partial charge < -0.3 is 10.1 Å². The fourth-order valence-electron chi connectivity index (χ4n) is 2.46. The van der Waals surface area contributed by atoms with Gasteiger partial charge in [-0.3, -0.25) is 4.68 Å². The Balaban J connectivity index is 3.11. The highest BCUT2D eigenvalue weighted by atomic mass is 79.9. The molecule has 0 bridgehead atoms. The summed E-state index contributed by atoms with van der Waals surface area (Å²) >= 11 is 3.65. The summed E-state index contributed by atoms with van der Waals surface area (Å²) in [7, 11) is 1.80. The summed E-state index contributed by atoms with van der Waals surface area (Å²) in [6.07, 6.45) is 5.29. The van der Waals surface area contributed by atoms with Crippen LogP contribution in [0.15, 0.2) is 10.7 Å². The normalized spacial score (nSPS) is 14.8. The highest BCUT2D eigenvalue weighted by Gasteiger charge is 2.28. The van der Waals surface area contributed by atoms with Crippen molar-refractivity contribution in [1.29, 1.82) is 0 Å². The molecule has 1 N–H and O–H groups in total. The van der Waals surface area contributed by atoms with Gasteiger partial charge in [-0.1, -0.05) is 20.3 Å². The van der Waals surface area contributed by atoms with Crippen molar-refractivity contribution >= 4 is 15.9 Å². The second-order valence-corrected chi connectivity index (χ2v) is 6.27. The predicted octanol–water partition coefficient (Wildman–Crippen LogP) is 4.08. The van der Waals surface area contributed by atoms with Crippen LogP contribution in [0.25, 0.3) is 0 Å². The first-order valence-corrected chi connectivity index (χ1v) is 8.35. The molecular weight excluding hydrogens is 318 g/mol. The molecule has 1 aromatic rings. The van der Waals surface area contributed by atoms with Gasteiger partial charge in [0.25, 0.3) is 0 Å². The smallest absolute Gasteiger partial charge is 0.0781 e. The van der Waals surface area contributed by atoms with Crippen molar-refractivity contribution in [3.63, 3.8) is 0 Å². The standard InChI is InChI=1S/C15H28BrN3O/c1-6-8-13(20-5)14(17-9-7-2)15-12(16)10-18-19(15)11(3)4/h10-11,13-14,17H,6-9H2,1-5H3. The zero-order chi connectivity index (χ0) is 15.1. The molecule has 0 saturated carbocycles. The van der Waals surface area contributed by atoms with Crippen molar-refractivity contribution < 1.29 is 4.74 Å². The molecule has 0 radical (unpaired) electrons. The molecule has 116 valence electrons. The van der Waals surface area contributed by atoms with E-state index in [0.29, 0.717) is 6.04 Å². The Labute approximate surface area is 131 Å². The Morgan fingerprint density at radius 2 is 2.05 bits per heavy atom. The molecule has 1 heterocycles. The number of aromatic nitrogens is 2. The summed E-state index contributed by atoms with van der Waals surface area (Å²) in [5.74, 6) is 0. The zero-order valence-electron chi connectivity index (χ0n) is 13.3. The highest BCUT2D eigenvalue weighted by molar-refractivity contribution is 9.10. The third-order valence-electron chi connectivity index (χ3n) is 3.43. The molecule has 0 aliphatic heterocycles. The van der Waals surface area contributed by atoms with Crippen LogP contribution in [0.5, 0.6) is 0 Å². The summed E-state index contributed by atoms with van der Waals surface area (Å²) in [4.78, 5) is 0. The lowest BCUT2D eigenvalue weighted by atomic mass is 10.0. The first kappa shape index (κ1) is 17.7. The fraction of sp³-hybridized carbons (Fsp3) is 0.800. The van der Waals surface area contributed by atoms with Crippen LogP contribution in [-0.4, -0.2) is 29.5 Å². The molecule has 0 spiro atoms. The minimum Gasteiger partial charge on any atom is -0.379 e. The van der Waals surface area contributed by atoms with Gasteiger partial charge in [-0.15, -0.1) is 0 Å². The van der Waals surface area contributed by atoms with Crippen LogP contribution in [0, 0.1) is 0 Å². The SMILES string of the molecule is CCCNC(c1c(Br)cnn1C(C)C)C(CCC)OC. The Morgan fingerprint density at radius 1 is 1.35 bits per heavy atom. The largest absolute Gasteiger partial charge is 0.379 e. The van der Waals surface area contributed by atoms with E-state index in [1.54, 1.807) is 7.11 Å². The molecule has 20 heavy (non-hydrogen) atoms. The summed E-state index contributed by atoms with van der Waals surface area (Å²) in [5.41, 5.74) is 1.19. The number of methoxy groups -OCH3 is 1. The monoisotopic (exact) mass is 345 g/mol. The van der Waals surface area contributed by atoms with Gasteiger partial charge in [0, 0.05) is 13.2 Å². The highest BCUT2D eigenvalue weighted by Crippen LogP contribution is 2.30.